The van der Waals surface area contributed by atoms with Gasteiger partial charge in [-0.2, -0.15) is 0 Å². The van der Waals surface area contributed by atoms with Gasteiger partial charge in [-0.25, -0.2) is 0 Å². The molecular formula is C66H46N2. The molecule has 68 heavy (non-hydrogen) atoms. The van der Waals surface area contributed by atoms with Gasteiger partial charge in [-0.05, 0) is 104 Å². The third-order valence-electron chi connectivity index (χ3n) is 13.3. The van der Waals surface area contributed by atoms with Gasteiger partial charge >= 0.3 is 0 Å². The van der Waals surface area contributed by atoms with Crippen molar-refractivity contribution in [3.8, 4) is 72.4 Å². The Balaban J connectivity index is 1.02. The molecule has 0 N–H and O–H groups in total. The zero-order valence-electron chi connectivity index (χ0n) is 37.5. The van der Waals surface area contributed by atoms with E-state index in [9.17, 15) is 0 Å². The van der Waals surface area contributed by atoms with Crippen LogP contribution in [0.15, 0.2) is 279 Å². The molecule has 0 spiro atoms. The van der Waals surface area contributed by atoms with Crippen molar-refractivity contribution in [2.75, 3.05) is 4.90 Å². The molecule has 0 unspecified atom stereocenters. The zero-order chi connectivity index (χ0) is 45.2. The van der Waals surface area contributed by atoms with E-state index in [0.29, 0.717) is 0 Å². The minimum Gasteiger partial charge on any atom is -0.310 e. The lowest BCUT2D eigenvalue weighted by molar-refractivity contribution is 1.18. The van der Waals surface area contributed by atoms with E-state index in [1.165, 1.54) is 77.4 Å². The highest BCUT2D eigenvalue weighted by Gasteiger charge is 2.22. The van der Waals surface area contributed by atoms with Crippen LogP contribution >= 0.6 is 0 Å². The lowest BCUT2D eigenvalue weighted by Gasteiger charge is -2.29. The Hall–Kier alpha value is -8.98. The summed E-state index contributed by atoms with van der Waals surface area (Å²) >= 11 is 0. The molecule has 11 aromatic carbocycles. The van der Waals surface area contributed by atoms with Crippen molar-refractivity contribution < 1.29 is 0 Å². The average molecular weight is 867 g/mol. The number of para-hydroxylation sites is 4. The Morgan fingerprint density at radius 3 is 1.18 bits per heavy atom. The SMILES string of the molecule is c1ccc(-c2ccccc2-c2ccc(N(c3ccc(-c4cccc5c6ccccc6n(-c6ccccc6)c45)cc3)c3ccccc3-c3ccccc3-c3ccccc3-c3ccccc3)cc2)cc1. The molecular weight excluding hydrogens is 821 g/mol. The van der Waals surface area contributed by atoms with Crippen molar-refractivity contribution >= 4 is 38.9 Å². The maximum atomic E-state index is 2.42. The molecule has 2 nitrogen and oxygen atoms in total. The van der Waals surface area contributed by atoms with Gasteiger partial charge in [-0.3, -0.25) is 0 Å². The molecule has 2 heteroatoms. The van der Waals surface area contributed by atoms with Crippen LogP contribution in [0.4, 0.5) is 17.1 Å². The Morgan fingerprint density at radius 2 is 0.603 bits per heavy atom. The van der Waals surface area contributed by atoms with Crippen molar-refractivity contribution in [2.24, 2.45) is 0 Å². The Labute approximate surface area is 397 Å². The summed E-state index contributed by atoms with van der Waals surface area (Å²) in [5.41, 5.74) is 21.0. The molecule has 0 saturated heterocycles. The van der Waals surface area contributed by atoms with Crippen LogP contribution in [0.2, 0.25) is 0 Å². The maximum absolute atomic E-state index is 2.42. The predicted octanol–water partition coefficient (Wildman–Crippen LogP) is 18.3. The topological polar surface area (TPSA) is 8.17 Å². The van der Waals surface area contributed by atoms with E-state index in [0.717, 1.165) is 33.9 Å². The number of anilines is 3. The van der Waals surface area contributed by atoms with Crippen molar-refractivity contribution in [1.82, 2.24) is 4.57 Å². The van der Waals surface area contributed by atoms with Gasteiger partial charge in [0.05, 0.1) is 16.7 Å². The second kappa shape index (κ2) is 17.8. The Bertz CT molecular complexity index is 3700. The van der Waals surface area contributed by atoms with Crippen molar-refractivity contribution in [2.45, 2.75) is 0 Å². The Kier molecular flexibility index (Phi) is 10.6. The molecule has 0 amide bonds. The van der Waals surface area contributed by atoms with Crippen LogP contribution in [0.25, 0.3) is 94.3 Å². The number of rotatable bonds is 10. The molecule has 0 aliphatic rings. The van der Waals surface area contributed by atoms with Gasteiger partial charge < -0.3 is 9.47 Å². The van der Waals surface area contributed by atoms with Gasteiger partial charge in [0.2, 0.25) is 0 Å². The van der Waals surface area contributed by atoms with Gasteiger partial charge in [0.15, 0.2) is 0 Å². The average Bonchev–Trinajstić information content (AvgIpc) is 3.77. The fourth-order valence-corrected chi connectivity index (χ4v) is 10.1. The molecule has 1 aromatic heterocycles. The molecule has 320 valence electrons. The van der Waals surface area contributed by atoms with Gasteiger partial charge in [0.25, 0.3) is 0 Å². The highest BCUT2D eigenvalue weighted by atomic mass is 15.1. The van der Waals surface area contributed by atoms with Crippen LogP contribution in [0.1, 0.15) is 0 Å². The quantitative estimate of drug-likeness (QED) is 0.133. The molecule has 0 radical (unpaired) electrons. The normalized spacial score (nSPS) is 11.2. The molecule has 0 aliphatic carbocycles. The van der Waals surface area contributed by atoms with E-state index in [4.69, 9.17) is 0 Å². The molecule has 12 aromatic rings. The summed E-state index contributed by atoms with van der Waals surface area (Å²) in [7, 11) is 0. The fourth-order valence-electron chi connectivity index (χ4n) is 10.1. The fraction of sp³-hybridized carbons (Fsp3) is 0. The number of benzene rings is 11. The minimum atomic E-state index is 1.07. The summed E-state index contributed by atoms with van der Waals surface area (Å²) in [6.07, 6.45) is 0. The summed E-state index contributed by atoms with van der Waals surface area (Å²) < 4.78 is 2.42. The summed E-state index contributed by atoms with van der Waals surface area (Å²) in [5.74, 6) is 0. The highest BCUT2D eigenvalue weighted by molar-refractivity contribution is 6.14. The summed E-state index contributed by atoms with van der Waals surface area (Å²) in [5, 5.41) is 2.48. The van der Waals surface area contributed by atoms with Gasteiger partial charge in [-0.15, -0.1) is 0 Å². The number of fused-ring (bicyclic) bond motifs is 3. The first kappa shape index (κ1) is 40.5. The number of hydrogen-bond acceptors (Lipinski definition) is 1. The number of nitrogens with zero attached hydrogens (tertiary/aromatic N) is 2. The van der Waals surface area contributed by atoms with Crippen LogP contribution in [-0.2, 0) is 0 Å². The molecule has 12 rings (SSSR count). The minimum absolute atomic E-state index is 1.07. The van der Waals surface area contributed by atoms with E-state index >= 15 is 0 Å². The second-order valence-electron chi connectivity index (χ2n) is 17.2. The summed E-state index contributed by atoms with van der Waals surface area (Å²) in [6.45, 7) is 0. The summed E-state index contributed by atoms with van der Waals surface area (Å²) in [6, 6.07) is 101. The lowest BCUT2D eigenvalue weighted by Crippen LogP contribution is -2.11. The van der Waals surface area contributed by atoms with E-state index < -0.39 is 0 Å². The molecule has 0 atom stereocenters. The van der Waals surface area contributed by atoms with Gasteiger partial charge in [0.1, 0.15) is 0 Å². The summed E-state index contributed by atoms with van der Waals surface area (Å²) in [4.78, 5) is 2.42. The van der Waals surface area contributed by atoms with Crippen molar-refractivity contribution in [1.29, 1.82) is 0 Å². The third kappa shape index (κ3) is 7.35. The molecule has 0 fully saturated rings. The smallest absolute Gasteiger partial charge is 0.0619 e. The van der Waals surface area contributed by atoms with E-state index in [1.807, 2.05) is 0 Å². The van der Waals surface area contributed by atoms with Crippen LogP contribution in [-0.4, -0.2) is 4.57 Å². The highest BCUT2D eigenvalue weighted by Crippen LogP contribution is 2.47. The van der Waals surface area contributed by atoms with E-state index in [-0.39, 0.29) is 0 Å². The van der Waals surface area contributed by atoms with Crippen LogP contribution in [0.3, 0.4) is 0 Å². The third-order valence-corrected chi connectivity index (χ3v) is 13.3. The second-order valence-corrected chi connectivity index (χ2v) is 17.2. The van der Waals surface area contributed by atoms with E-state index in [1.54, 1.807) is 0 Å². The zero-order valence-corrected chi connectivity index (χ0v) is 37.5. The van der Waals surface area contributed by atoms with Crippen molar-refractivity contribution in [3.05, 3.63) is 279 Å². The van der Waals surface area contributed by atoms with Gasteiger partial charge in [-0.1, -0.05) is 231 Å². The van der Waals surface area contributed by atoms with Crippen LogP contribution in [0.5, 0.6) is 0 Å². The number of aromatic nitrogens is 1. The first-order valence-electron chi connectivity index (χ1n) is 23.3. The molecule has 0 bridgehead atoms. The maximum Gasteiger partial charge on any atom is 0.0619 e. The first-order chi connectivity index (χ1) is 33.8. The molecule has 1 heterocycles. The largest absolute Gasteiger partial charge is 0.310 e. The van der Waals surface area contributed by atoms with Gasteiger partial charge in [0, 0.05) is 39.0 Å². The van der Waals surface area contributed by atoms with Crippen molar-refractivity contribution in [3.63, 3.8) is 0 Å². The Morgan fingerprint density at radius 1 is 0.235 bits per heavy atom. The standard InChI is InChI=1S/C66H46N2/c1-4-21-47(22-5-1)54-27-10-11-28-55(54)49-39-43-52(44-40-49)67(64-37-18-16-33-61(64)60-32-15-14-31-59(60)58-30-13-12-29-56(58)48-23-6-2-7-24-48)53-45-41-50(42-46-53)57-35-20-36-63-62-34-17-19-38-65(62)68(66(57)63)51-25-8-3-9-26-51/h1-46H. The monoisotopic (exact) mass is 866 g/mol. The van der Waals surface area contributed by atoms with Crippen LogP contribution in [0, 0.1) is 0 Å². The first-order valence-corrected chi connectivity index (χ1v) is 23.3. The molecule has 0 aliphatic heterocycles. The van der Waals surface area contributed by atoms with E-state index in [2.05, 4.69) is 289 Å². The van der Waals surface area contributed by atoms with Crippen LogP contribution < -0.4 is 4.90 Å². The molecule has 0 saturated carbocycles. The lowest BCUT2D eigenvalue weighted by atomic mass is 9.88. The number of hydrogen-bond donors (Lipinski definition) is 0. The predicted molar refractivity (Wildman–Crippen MR) is 288 cm³/mol.